The maximum Gasteiger partial charge on any atom is 0.139 e. The molecule has 1 aromatic carbocycles. The molecule has 0 bridgehead atoms. The third-order valence-corrected chi connectivity index (χ3v) is 3.32. The van der Waals surface area contributed by atoms with Crippen LogP contribution in [0.1, 0.15) is 30.9 Å². The van der Waals surface area contributed by atoms with Crippen LogP contribution in [0.4, 0.5) is 4.39 Å². The van der Waals surface area contributed by atoms with Gasteiger partial charge in [0.2, 0.25) is 0 Å². The molecule has 3 rings (SSSR count). The van der Waals surface area contributed by atoms with E-state index in [0.29, 0.717) is 17.8 Å². The molecule has 2 aromatic heterocycles. The zero-order valence-corrected chi connectivity index (χ0v) is 12.3. The highest BCUT2D eigenvalue weighted by Gasteiger charge is 2.03. The van der Waals surface area contributed by atoms with Crippen LogP contribution in [0.2, 0.25) is 0 Å². The molecule has 4 heteroatoms. The Morgan fingerprint density at radius 3 is 2.86 bits per heavy atom. The molecule has 0 aliphatic rings. The lowest BCUT2D eigenvalue weighted by atomic mass is 10.2. The third kappa shape index (κ3) is 3.32. The fraction of sp³-hybridized carbons (Fsp3) is 0.222. The molecule has 0 aliphatic heterocycles. The summed E-state index contributed by atoms with van der Waals surface area (Å²) in [6, 6.07) is 13.3. The normalized spacial score (nSPS) is 11.9. The van der Waals surface area contributed by atoms with Crippen LogP contribution in [0, 0.1) is 11.8 Å². The summed E-state index contributed by atoms with van der Waals surface area (Å²) >= 11 is 0. The molecule has 22 heavy (non-hydrogen) atoms. The van der Waals surface area contributed by atoms with Crippen molar-refractivity contribution in [2.24, 2.45) is 0 Å². The van der Waals surface area contributed by atoms with Gasteiger partial charge in [-0.2, -0.15) is 5.10 Å². The summed E-state index contributed by atoms with van der Waals surface area (Å²) in [5.41, 5.74) is 2.01. The fourth-order valence-corrected chi connectivity index (χ4v) is 2.20. The van der Waals surface area contributed by atoms with E-state index in [9.17, 15) is 4.39 Å². The van der Waals surface area contributed by atoms with E-state index in [4.69, 9.17) is 0 Å². The summed E-state index contributed by atoms with van der Waals surface area (Å²) in [6.45, 7) is 2.20. The summed E-state index contributed by atoms with van der Waals surface area (Å²) in [5, 5.41) is 5.60. The summed E-state index contributed by atoms with van der Waals surface area (Å²) in [6.07, 6.45) is 1.62. The second kappa shape index (κ2) is 6.40. The first kappa shape index (κ1) is 14.3. The van der Waals surface area contributed by atoms with Crippen molar-refractivity contribution in [1.82, 2.24) is 14.8 Å². The number of rotatable bonds is 3. The van der Waals surface area contributed by atoms with Crippen molar-refractivity contribution in [3.05, 3.63) is 60.0 Å². The molecule has 3 nitrogen and oxygen atoms in total. The average Bonchev–Trinajstić information content (AvgIpc) is 2.94. The average molecular weight is 293 g/mol. The van der Waals surface area contributed by atoms with Gasteiger partial charge in [-0.3, -0.25) is 4.68 Å². The highest BCUT2D eigenvalue weighted by Crippen LogP contribution is 2.13. The minimum absolute atomic E-state index is 0.421. The summed E-state index contributed by atoms with van der Waals surface area (Å²) in [7, 11) is 0. The predicted octanol–water partition coefficient (Wildman–Crippen LogP) is 3.90. The molecule has 0 aliphatic carbocycles. The van der Waals surface area contributed by atoms with Crippen LogP contribution in [0.5, 0.6) is 0 Å². The molecule has 0 spiro atoms. The molecule has 0 radical (unpaired) electrons. The van der Waals surface area contributed by atoms with Crippen LogP contribution in [-0.2, 0) is 6.54 Å². The van der Waals surface area contributed by atoms with Gasteiger partial charge in [-0.05, 0) is 31.0 Å². The van der Waals surface area contributed by atoms with Gasteiger partial charge in [0.15, 0.2) is 0 Å². The molecule has 0 saturated heterocycles. The zero-order valence-electron chi connectivity index (χ0n) is 12.3. The van der Waals surface area contributed by atoms with Gasteiger partial charge in [-0.25, -0.2) is 9.37 Å². The number of fused-ring (bicyclic) bond motifs is 1. The lowest BCUT2D eigenvalue weighted by Gasteiger charge is -2.00. The summed E-state index contributed by atoms with van der Waals surface area (Å²) < 4.78 is 15.1. The highest BCUT2D eigenvalue weighted by atomic mass is 19.1. The molecule has 3 aromatic rings. The quantitative estimate of drug-likeness (QED) is 0.686. The van der Waals surface area contributed by atoms with Crippen molar-refractivity contribution in [3.63, 3.8) is 0 Å². The van der Waals surface area contributed by atoms with Gasteiger partial charge in [0, 0.05) is 18.0 Å². The van der Waals surface area contributed by atoms with E-state index in [1.807, 2.05) is 35.1 Å². The van der Waals surface area contributed by atoms with Crippen LogP contribution in [0.15, 0.2) is 48.7 Å². The van der Waals surface area contributed by atoms with Crippen molar-refractivity contribution in [1.29, 1.82) is 0 Å². The Morgan fingerprint density at radius 1 is 1.18 bits per heavy atom. The minimum Gasteiger partial charge on any atom is -0.271 e. The molecule has 0 saturated carbocycles. The second-order valence-electron chi connectivity index (χ2n) is 5.07. The SMILES string of the molecule is CC(F)c1cccc(C#CCCn2cc3ccccc3n2)n1. The Bertz CT molecular complexity index is 807. The first-order chi connectivity index (χ1) is 10.7. The van der Waals surface area contributed by atoms with Crippen LogP contribution in [-0.4, -0.2) is 14.8 Å². The Hall–Kier alpha value is -2.67. The van der Waals surface area contributed by atoms with E-state index in [2.05, 4.69) is 21.9 Å². The first-order valence-electron chi connectivity index (χ1n) is 7.24. The van der Waals surface area contributed by atoms with Crippen molar-refractivity contribution in [3.8, 4) is 11.8 Å². The molecule has 110 valence electrons. The second-order valence-corrected chi connectivity index (χ2v) is 5.07. The first-order valence-corrected chi connectivity index (χ1v) is 7.24. The number of hydrogen-bond donors (Lipinski definition) is 0. The Balaban J connectivity index is 1.65. The van der Waals surface area contributed by atoms with Crippen LogP contribution in [0.3, 0.4) is 0 Å². The van der Waals surface area contributed by atoms with Gasteiger partial charge in [0.25, 0.3) is 0 Å². The Morgan fingerprint density at radius 2 is 2.05 bits per heavy atom. The largest absolute Gasteiger partial charge is 0.271 e. The van der Waals surface area contributed by atoms with Crippen LogP contribution < -0.4 is 0 Å². The number of pyridine rings is 1. The van der Waals surface area contributed by atoms with Crippen LogP contribution >= 0.6 is 0 Å². The van der Waals surface area contributed by atoms with E-state index >= 15 is 0 Å². The molecular formula is C18H16FN3. The maximum atomic E-state index is 13.2. The smallest absolute Gasteiger partial charge is 0.139 e. The lowest BCUT2D eigenvalue weighted by Crippen LogP contribution is -1.97. The molecule has 0 amide bonds. The lowest BCUT2D eigenvalue weighted by molar-refractivity contribution is 0.365. The Kier molecular flexibility index (Phi) is 4.15. The third-order valence-electron chi connectivity index (χ3n) is 3.32. The van der Waals surface area contributed by atoms with Gasteiger partial charge >= 0.3 is 0 Å². The van der Waals surface area contributed by atoms with Gasteiger partial charge in [0.1, 0.15) is 11.9 Å². The van der Waals surface area contributed by atoms with E-state index in [1.165, 1.54) is 6.92 Å². The topological polar surface area (TPSA) is 30.7 Å². The monoisotopic (exact) mass is 293 g/mol. The number of halogens is 1. The van der Waals surface area contributed by atoms with Crippen molar-refractivity contribution in [2.75, 3.05) is 0 Å². The highest BCUT2D eigenvalue weighted by molar-refractivity contribution is 5.77. The predicted molar refractivity (Wildman–Crippen MR) is 85.0 cm³/mol. The standard InChI is InChI=1S/C18H16FN3/c1-14(19)17-11-6-9-16(20-17)8-4-5-12-22-13-15-7-2-3-10-18(15)21-22/h2-3,6-7,9-11,13-14H,5,12H2,1H3. The zero-order chi connectivity index (χ0) is 15.4. The fourth-order valence-electron chi connectivity index (χ4n) is 2.20. The number of hydrogen-bond acceptors (Lipinski definition) is 2. The molecule has 1 atom stereocenters. The number of aryl methyl sites for hydroxylation is 1. The molecule has 2 heterocycles. The van der Waals surface area contributed by atoms with Crippen molar-refractivity contribution >= 4 is 10.9 Å². The Labute approximate surface area is 128 Å². The van der Waals surface area contributed by atoms with E-state index in [-0.39, 0.29) is 0 Å². The van der Waals surface area contributed by atoms with E-state index in [1.54, 1.807) is 18.2 Å². The maximum absolute atomic E-state index is 13.2. The minimum atomic E-state index is -1.07. The molecule has 0 N–H and O–H groups in total. The van der Waals surface area contributed by atoms with Gasteiger partial charge in [-0.1, -0.05) is 30.2 Å². The number of benzene rings is 1. The van der Waals surface area contributed by atoms with Gasteiger partial charge in [0.05, 0.1) is 17.8 Å². The van der Waals surface area contributed by atoms with Gasteiger partial charge < -0.3 is 0 Å². The summed E-state index contributed by atoms with van der Waals surface area (Å²) in [5.74, 6) is 6.04. The number of aromatic nitrogens is 3. The van der Waals surface area contributed by atoms with Crippen molar-refractivity contribution in [2.45, 2.75) is 26.1 Å². The van der Waals surface area contributed by atoms with Crippen LogP contribution in [0.25, 0.3) is 10.9 Å². The molecule has 1 unspecified atom stereocenters. The number of nitrogens with zero attached hydrogens (tertiary/aromatic N) is 3. The summed E-state index contributed by atoms with van der Waals surface area (Å²) in [4.78, 5) is 4.18. The molecule has 0 fully saturated rings. The van der Waals surface area contributed by atoms with E-state index < -0.39 is 6.17 Å². The molecular weight excluding hydrogens is 277 g/mol. The number of alkyl halides is 1. The van der Waals surface area contributed by atoms with E-state index in [0.717, 1.165) is 17.4 Å². The van der Waals surface area contributed by atoms with Gasteiger partial charge in [-0.15, -0.1) is 0 Å². The van der Waals surface area contributed by atoms with Crippen molar-refractivity contribution < 1.29 is 4.39 Å².